The SMILES string of the molecule is CCC(CC)CN(CC)CCC(N)c1ccc(F)cn1. The Bertz CT molecular complexity index is 362. The van der Waals surface area contributed by atoms with Crippen molar-refractivity contribution in [1.29, 1.82) is 0 Å². The average molecular weight is 281 g/mol. The van der Waals surface area contributed by atoms with Gasteiger partial charge in [-0.2, -0.15) is 0 Å². The molecule has 0 saturated carbocycles. The van der Waals surface area contributed by atoms with Crippen LogP contribution < -0.4 is 5.73 Å². The first-order chi connectivity index (χ1) is 9.60. The van der Waals surface area contributed by atoms with Crippen molar-refractivity contribution in [1.82, 2.24) is 9.88 Å². The predicted molar refractivity (Wildman–Crippen MR) is 81.9 cm³/mol. The maximum Gasteiger partial charge on any atom is 0.141 e. The lowest BCUT2D eigenvalue weighted by Gasteiger charge is -2.26. The third kappa shape index (κ3) is 5.55. The highest BCUT2D eigenvalue weighted by Crippen LogP contribution is 2.14. The van der Waals surface area contributed by atoms with Crippen LogP contribution in [0.2, 0.25) is 0 Å². The second-order valence-electron chi connectivity index (χ2n) is 5.37. The van der Waals surface area contributed by atoms with Crippen molar-refractivity contribution in [3.8, 4) is 0 Å². The highest BCUT2D eigenvalue weighted by molar-refractivity contribution is 5.09. The van der Waals surface area contributed by atoms with Crippen LogP contribution in [-0.4, -0.2) is 29.5 Å². The zero-order valence-electron chi connectivity index (χ0n) is 13.0. The Kier molecular flexibility index (Phi) is 7.70. The van der Waals surface area contributed by atoms with Gasteiger partial charge in [0.1, 0.15) is 5.82 Å². The number of hydrogen-bond acceptors (Lipinski definition) is 3. The molecule has 1 aromatic rings. The molecule has 1 rings (SSSR count). The van der Waals surface area contributed by atoms with Gasteiger partial charge in [0.15, 0.2) is 0 Å². The van der Waals surface area contributed by atoms with Crippen LogP contribution in [0.15, 0.2) is 18.3 Å². The molecule has 0 radical (unpaired) electrons. The molecule has 0 amide bonds. The summed E-state index contributed by atoms with van der Waals surface area (Å²) in [6.07, 6.45) is 4.53. The van der Waals surface area contributed by atoms with E-state index in [1.54, 1.807) is 6.07 Å². The molecular formula is C16H28FN3. The fourth-order valence-corrected chi connectivity index (χ4v) is 2.37. The molecule has 4 heteroatoms. The first-order valence-corrected chi connectivity index (χ1v) is 7.70. The molecule has 0 spiro atoms. The Morgan fingerprint density at radius 1 is 1.25 bits per heavy atom. The van der Waals surface area contributed by atoms with Crippen molar-refractivity contribution in [3.63, 3.8) is 0 Å². The van der Waals surface area contributed by atoms with Crippen LogP contribution in [0.4, 0.5) is 4.39 Å². The summed E-state index contributed by atoms with van der Waals surface area (Å²) in [5.41, 5.74) is 6.90. The number of nitrogens with zero attached hydrogens (tertiary/aromatic N) is 2. The van der Waals surface area contributed by atoms with Crippen molar-refractivity contribution >= 4 is 0 Å². The van der Waals surface area contributed by atoms with Gasteiger partial charge in [-0.1, -0.05) is 33.6 Å². The second-order valence-corrected chi connectivity index (χ2v) is 5.37. The summed E-state index contributed by atoms with van der Waals surface area (Å²) in [5.74, 6) is 0.444. The Morgan fingerprint density at radius 3 is 2.45 bits per heavy atom. The molecule has 2 N–H and O–H groups in total. The topological polar surface area (TPSA) is 42.1 Å². The van der Waals surface area contributed by atoms with Gasteiger partial charge in [-0.15, -0.1) is 0 Å². The van der Waals surface area contributed by atoms with Crippen LogP contribution in [0.5, 0.6) is 0 Å². The molecule has 114 valence electrons. The van der Waals surface area contributed by atoms with Gasteiger partial charge in [0.25, 0.3) is 0 Å². The average Bonchev–Trinajstić information content (AvgIpc) is 2.48. The van der Waals surface area contributed by atoms with Crippen LogP contribution in [0.1, 0.15) is 51.8 Å². The Labute approximate surface area is 122 Å². The second kappa shape index (κ2) is 9.03. The summed E-state index contributed by atoms with van der Waals surface area (Å²) < 4.78 is 12.8. The molecule has 0 bridgehead atoms. The Balaban J connectivity index is 2.45. The lowest BCUT2D eigenvalue weighted by Crippen LogP contribution is -2.32. The minimum absolute atomic E-state index is 0.119. The van der Waals surface area contributed by atoms with Gasteiger partial charge in [0.05, 0.1) is 11.9 Å². The minimum Gasteiger partial charge on any atom is -0.323 e. The fraction of sp³-hybridized carbons (Fsp3) is 0.688. The molecule has 1 heterocycles. The predicted octanol–water partition coefficient (Wildman–Crippen LogP) is 3.37. The van der Waals surface area contributed by atoms with Crippen molar-refractivity contribution < 1.29 is 4.39 Å². The molecule has 0 aromatic carbocycles. The quantitative estimate of drug-likeness (QED) is 0.754. The fourth-order valence-electron chi connectivity index (χ4n) is 2.37. The zero-order valence-corrected chi connectivity index (χ0v) is 13.0. The number of aromatic nitrogens is 1. The van der Waals surface area contributed by atoms with Gasteiger partial charge in [-0.05, 0) is 37.6 Å². The van der Waals surface area contributed by atoms with E-state index in [-0.39, 0.29) is 11.9 Å². The molecule has 0 aliphatic rings. The van der Waals surface area contributed by atoms with Gasteiger partial charge in [-0.25, -0.2) is 4.39 Å². The van der Waals surface area contributed by atoms with E-state index in [1.165, 1.54) is 25.1 Å². The maximum atomic E-state index is 12.8. The number of halogens is 1. The Morgan fingerprint density at radius 2 is 1.95 bits per heavy atom. The summed E-state index contributed by atoms with van der Waals surface area (Å²) in [6, 6.07) is 2.98. The maximum absolute atomic E-state index is 12.8. The smallest absolute Gasteiger partial charge is 0.141 e. The van der Waals surface area contributed by atoms with Crippen LogP contribution in [0.25, 0.3) is 0 Å². The van der Waals surface area contributed by atoms with Gasteiger partial charge >= 0.3 is 0 Å². The molecule has 0 saturated heterocycles. The van der Waals surface area contributed by atoms with Gasteiger partial charge in [0, 0.05) is 12.6 Å². The van der Waals surface area contributed by atoms with Crippen molar-refractivity contribution in [2.75, 3.05) is 19.6 Å². The van der Waals surface area contributed by atoms with E-state index in [4.69, 9.17) is 5.73 Å². The van der Waals surface area contributed by atoms with E-state index < -0.39 is 0 Å². The van der Waals surface area contributed by atoms with E-state index in [2.05, 4.69) is 30.7 Å². The molecule has 1 aromatic heterocycles. The van der Waals surface area contributed by atoms with E-state index in [1.807, 2.05) is 0 Å². The molecule has 3 nitrogen and oxygen atoms in total. The molecule has 1 atom stereocenters. The van der Waals surface area contributed by atoms with E-state index in [0.29, 0.717) is 0 Å². The van der Waals surface area contributed by atoms with E-state index in [0.717, 1.165) is 37.7 Å². The Hall–Kier alpha value is -1.00. The summed E-state index contributed by atoms with van der Waals surface area (Å²) in [5, 5.41) is 0. The summed E-state index contributed by atoms with van der Waals surface area (Å²) in [4.78, 5) is 6.50. The lowest BCUT2D eigenvalue weighted by molar-refractivity contribution is 0.226. The van der Waals surface area contributed by atoms with Crippen LogP contribution >= 0.6 is 0 Å². The third-order valence-electron chi connectivity index (χ3n) is 4.00. The van der Waals surface area contributed by atoms with E-state index in [9.17, 15) is 4.39 Å². The summed E-state index contributed by atoms with van der Waals surface area (Å²) >= 11 is 0. The molecule has 20 heavy (non-hydrogen) atoms. The first kappa shape index (κ1) is 17.1. The number of pyridine rings is 1. The number of hydrogen-bond donors (Lipinski definition) is 1. The number of rotatable bonds is 9. The van der Waals surface area contributed by atoms with Gasteiger partial charge in [0.2, 0.25) is 0 Å². The summed E-state index contributed by atoms with van der Waals surface area (Å²) in [7, 11) is 0. The number of nitrogens with two attached hydrogens (primary N) is 1. The highest BCUT2D eigenvalue weighted by atomic mass is 19.1. The van der Waals surface area contributed by atoms with Crippen molar-refractivity contribution in [3.05, 3.63) is 29.8 Å². The molecular weight excluding hydrogens is 253 g/mol. The molecule has 0 fully saturated rings. The summed E-state index contributed by atoms with van der Waals surface area (Å²) in [6.45, 7) is 9.82. The molecule has 1 unspecified atom stereocenters. The first-order valence-electron chi connectivity index (χ1n) is 7.70. The monoisotopic (exact) mass is 281 g/mol. The zero-order chi connectivity index (χ0) is 15.0. The third-order valence-corrected chi connectivity index (χ3v) is 4.00. The van der Waals surface area contributed by atoms with Crippen molar-refractivity contribution in [2.24, 2.45) is 11.7 Å². The van der Waals surface area contributed by atoms with Gasteiger partial charge in [-0.3, -0.25) is 4.98 Å². The van der Waals surface area contributed by atoms with Crippen LogP contribution in [0, 0.1) is 11.7 Å². The van der Waals surface area contributed by atoms with E-state index >= 15 is 0 Å². The highest BCUT2D eigenvalue weighted by Gasteiger charge is 2.13. The molecule has 0 aliphatic carbocycles. The van der Waals surface area contributed by atoms with Crippen LogP contribution in [0.3, 0.4) is 0 Å². The largest absolute Gasteiger partial charge is 0.323 e. The lowest BCUT2D eigenvalue weighted by atomic mass is 10.0. The van der Waals surface area contributed by atoms with Gasteiger partial charge < -0.3 is 10.6 Å². The standard InChI is InChI=1S/C16H28FN3/c1-4-13(5-2)12-20(6-3)10-9-15(18)16-8-7-14(17)11-19-16/h7-8,11,13,15H,4-6,9-10,12,18H2,1-3H3. The molecule has 0 aliphatic heterocycles. The normalized spacial score (nSPS) is 13.2. The van der Waals surface area contributed by atoms with Crippen LogP contribution in [-0.2, 0) is 0 Å². The minimum atomic E-state index is -0.315. The van der Waals surface area contributed by atoms with Crippen molar-refractivity contribution in [2.45, 2.75) is 46.1 Å².